The third-order valence-corrected chi connectivity index (χ3v) is 2.01. The van der Waals surface area contributed by atoms with Gasteiger partial charge in [0.15, 0.2) is 5.78 Å². The van der Waals surface area contributed by atoms with E-state index in [-0.39, 0.29) is 17.8 Å². The van der Waals surface area contributed by atoms with E-state index in [2.05, 4.69) is 5.16 Å². The molecule has 0 aliphatic heterocycles. The van der Waals surface area contributed by atoms with Crippen molar-refractivity contribution < 1.29 is 9.32 Å². The minimum Gasteiger partial charge on any atom is -0.383 e. The Labute approximate surface area is 85.5 Å². The Morgan fingerprint density at radius 3 is 2.60 bits per heavy atom. The van der Waals surface area contributed by atoms with Gasteiger partial charge in [-0.2, -0.15) is 5.16 Å². The van der Waals surface area contributed by atoms with Gasteiger partial charge in [0, 0.05) is 11.6 Å². The van der Waals surface area contributed by atoms with Crippen LogP contribution in [-0.2, 0) is 6.42 Å². The zero-order chi connectivity index (χ0) is 10.7. The van der Waals surface area contributed by atoms with Gasteiger partial charge in [0.25, 0.3) is 5.56 Å². The van der Waals surface area contributed by atoms with Crippen molar-refractivity contribution >= 4 is 5.78 Å². The number of aromatic amines is 1. The number of rotatable bonds is 3. The molecule has 2 rings (SSSR count). The second-order valence-electron chi connectivity index (χ2n) is 3.15. The third-order valence-electron chi connectivity index (χ3n) is 2.01. The fraction of sp³-hybridized carbons (Fsp3) is 0.0909. The maximum absolute atomic E-state index is 11.6. The summed E-state index contributed by atoms with van der Waals surface area (Å²) in [6, 6.07) is 10.2. The molecule has 76 valence electrons. The number of carbonyl (C=O) groups excluding carboxylic acids is 1. The van der Waals surface area contributed by atoms with Crippen LogP contribution in [0.25, 0.3) is 0 Å². The number of hydrogen-bond acceptors (Lipinski definition) is 3. The Balaban J connectivity index is 2.14. The Morgan fingerprint density at radius 1 is 1.27 bits per heavy atom. The second-order valence-corrected chi connectivity index (χ2v) is 3.15. The molecule has 1 N–H and O–H groups in total. The summed E-state index contributed by atoms with van der Waals surface area (Å²) in [5.74, 6) is 0.284. The van der Waals surface area contributed by atoms with Crippen LogP contribution in [0.3, 0.4) is 0 Å². The van der Waals surface area contributed by atoms with Crippen molar-refractivity contribution in [2.45, 2.75) is 6.42 Å². The minimum atomic E-state index is -0.328. The zero-order valence-corrected chi connectivity index (χ0v) is 7.90. The van der Waals surface area contributed by atoms with Gasteiger partial charge in [-0.15, -0.1) is 0 Å². The average molecular weight is 203 g/mol. The number of ketones is 1. The van der Waals surface area contributed by atoms with Crippen molar-refractivity contribution in [3.8, 4) is 0 Å². The van der Waals surface area contributed by atoms with Gasteiger partial charge < -0.3 is 4.52 Å². The molecule has 0 saturated carbocycles. The van der Waals surface area contributed by atoms with E-state index in [1.54, 1.807) is 24.3 Å². The SMILES string of the molecule is O=C(Cc1cc(=O)[nH]o1)c1ccccc1. The molecule has 15 heavy (non-hydrogen) atoms. The van der Waals surface area contributed by atoms with Gasteiger partial charge in [0.2, 0.25) is 0 Å². The molecule has 0 fully saturated rings. The van der Waals surface area contributed by atoms with Crippen LogP contribution in [0.1, 0.15) is 16.1 Å². The van der Waals surface area contributed by atoms with Gasteiger partial charge in [-0.25, -0.2) is 0 Å². The molecule has 0 spiro atoms. The number of nitrogens with one attached hydrogen (secondary N) is 1. The fourth-order valence-corrected chi connectivity index (χ4v) is 1.29. The van der Waals surface area contributed by atoms with Crippen molar-refractivity contribution in [2.24, 2.45) is 0 Å². The molecule has 2 aromatic rings. The number of aromatic nitrogens is 1. The Hall–Kier alpha value is -2.10. The average Bonchev–Trinajstić information content (AvgIpc) is 2.65. The number of H-pyrrole nitrogens is 1. The highest BCUT2D eigenvalue weighted by atomic mass is 16.5. The molecule has 4 heteroatoms. The van der Waals surface area contributed by atoms with E-state index in [9.17, 15) is 9.59 Å². The predicted octanol–water partition coefficient (Wildman–Crippen LogP) is 1.39. The van der Waals surface area contributed by atoms with Crippen LogP contribution in [0.15, 0.2) is 45.7 Å². The first kappa shape index (κ1) is 9.45. The van der Waals surface area contributed by atoms with Gasteiger partial charge in [-0.05, 0) is 0 Å². The van der Waals surface area contributed by atoms with E-state index >= 15 is 0 Å². The lowest BCUT2D eigenvalue weighted by molar-refractivity contribution is 0.0984. The highest BCUT2D eigenvalue weighted by Gasteiger charge is 2.09. The highest BCUT2D eigenvalue weighted by molar-refractivity contribution is 5.97. The Bertz CT molecular complexity index is 510. The first-order valence-corrected chi connectivity index (χ1v) is 4.51. The zero-order valence-electron chi connectivity index (χ0n) is 7.90. The van der Waals surface area contributed by atoms with Crippen LogP contribution in [0.4, 0.5) is 0 Å². The molecule has 4 nitrogen and oxygen atoms in total. The lowest BCUT2D eigenvalue weighted by Crippen LogP contribution is -2.02. The number of carbonyl (C=O) groups is 1. The molecule has 1 heterocycles. The second kappa shape index (κ2) is 3.96. The van der Waals surface area contributed by atoms with E-state index in [1.807, 2.05) is 6.07 Å². The monoisotopic (exact) mass is 203 g/mol. The maximum atomic E-state index is 11.6. The molecule has 0 amide bonds. The lowest BCUT2D eigenvalue weighted by atomic mass is 10.1. The molecule has 1 aromatic carbocycles. The van der Waals surface area contributed by atoms with Gasteiger partial charge in [-0.1, -0.05) is 30.3 Å². The summed E-state index contributed by atoms with van der Waals surface area (Å²) in [5, 5.41) is 2.14. The van der Waals surface area contributed by atoms with Crippen molar-refractivity contribution in [3.05, 3.63) is 58.1 Å². The number of hydrogen-bond donors (Lipinski definition) is 1. The molecular formula is C11H9NO3. The fourth-order valence-electron chi connectivity index (χ4n) is 1.29. The van der Waals surface area contributed by atoms with E-state index in [1.165, 1.54) is 6.07 Å². The molecule has 0 saturated heterocycles. The number of Topliss-reactive ketones (excluding diaryl/α,β-unsaturated/α-hetero) is 1. The van der Waals surface area contributed by atoms with Crippen LogP contribution in [0, 0.1) is 0 Å². The molecular weight excluding hydrogens is 194 g/mol. The Morgan fingerprint density at radius 2 is 2.00 bits per heavy atom. The highest BCUT2D eigenvalue weighted by Crippen LogP contribution is 2.05. The summed E-state index contributed by atoms with van der Waals surface area (Å²) in [4.78, 5) is 22.4. The van der Waals surface area contributed by atoms with Gasteiger partial charge in [0.05, 0.1) is 6.42 Å². The summed E-state index contributed by atoms with van der Waals surface area (Å²) in [6.45, 7) is 0. The van der Waals surface area contributed by atoms with E-state index in [4.69, 9.17) is 4.52 Å². The third kappa shape index (κ3) is 2.22. The summed E-state index contributed by atoms with van der Waals surface area (Å²) in [5.41, 5.74) is 0.284. The first-order chi connectivity index (χ1) is 7.25. The van der Waals surface area contributed by atoms with Gasteiger partial charge in [-0.3, -0.25) is 9.59 Å². The topological polar surface area (TPSA) is 63.1 Å². The van der Waals surface area contributed by atoms with E-state index in [0.29, 0.717) is 11.3 Å². The lowest BCUT2D eigenvalue weighted by Gasteiger charge is -1.96. The molecule has 0 aliphatic rings. The van der Waals surface area contributed by atoms with E-state index in [0.717, 1.165) is 0 Å². The van der Waals surface area contributed by atoms with Crippen LogP contribution in [0.5, 0.6) is 0 Å². The smallest absolute Gasteiger partial charge is 0.280 e. The standard InChI is InChI=1S/C11H9NO3/c13-10(8-4-2-1-3-5-8)6-9-7-11(14)12-15-9/h1-5,7H,6H2,(H,12,14). The molecule has 0 unspecified atom stereocenters. The van der Waals surface area contributed by atoms with Crippen molar-refractivity contribution in [1.82, 2.24) is 5.16 Å². The van der Waals surface area contributed by atoms with Crippen LogP contribution in [0.2, 0.25) is 0 Å². The van der Waals surface area contributed by atoms with Crippen LogP contribution in [-0.4, -0.2) is 10.9 Å². The maximum Gasteiger partial charge on any atom is 0.280 e. The molecule has 0 radical (unpaired) electrons. The number of benzene rings is 1. The van der Waals surface area contributed by atoms with Crippen LogP contribution < -0.4 is 5.56 Å². The van der Waals surface area contributed by atoms with Crippen molar-refractivity contribution in [1.29, 1.82) is 0 Å². The predicted molar refractivity (Wildman–Crippen MR) is 53.8 cm³/mol. The van der Waals surface area contributed by atoms with Crippen molar-refractivity contribution in [3.63, 3.8) is 0 Å². The molecule has 0 bridgehead atoms. The van der Waals surface area contributed by atoms with E-state index < -0.39 is 0 Å². The van der Waals surface area contributed by atoms with Gasteiger partial charge in [0.1, 0.15) is 5.76 Å². The summed E-state index contributed by atoms with van der Waals surface area (Å²) in [6.07, 6.45) is 0.1000. The quantitative estimate of drug-likeness (QED) is 0.767. The first-order valence-electron chi connectivity index (χ1n) is 4.51. The largest absolute Gasteiger partial charge is 0.383 e. The molecule has 0 aliphatic carbocycles. The molecule has 0 atom stereocenters. The van der Waals surface area contributed by atoms with Crippen molar-refractivity contribution in [2.75, 3.05) is 0 Å². The Kier molecular flexibility index (Phi) is 2.49. The summed E-state index contributed by atoms with van der Waals surface area (Å²) in [7, 11) is 0. The minimum absolute atomic E-state index is 0.0710. The van der Waals surface area contributed by atoms with Crippen LogP contribution >= 0.6 is 0 Å². The molecule has 1 aromatic heterocycles. The van der Waals surface area contributed by atoms with Gasteiger partial charge >= 0.3 is 0 Å². The normalized spacial score (nSPS) is 10.1. The summed E-state index contributed by atoms with van der Waals surface area (Å²) >= 11 is 0. The summed E-state index contributed by atoms with van der Waals surface area (Å²) < 4.78 is 4.80.